The van der Waals surface area contributed by atoms with Crippen LogP contribution in [0.1, 0.15) is 34.1 Å². The van der Waals surface area contributed by atoms with Gasteiger partial charge in [-0.3, -0.25) is 4.99 Å². The molecule has 4 heteroatoms. The van der Waals surface area contributed by atoms with Gasteiger partial charge in [-0.05, 0) is 13.3 Å². The lowest BCUT2D eigenvalue weighted by Gasteiger charge is -2.29. The molecule has 0 saturated carbocycles. The molecule has 0 aromatic heterocycles. The Morgan fingerprint density at radius 2 is 2.12 bits per heavy atom. The van der Waals surface area contributed by atoms with E-state index in [1.165, 1.54) is 0 Å². The number of allylic oxidation sites excluding steroid dienone is 1. The Morgan fingerprint density at radius 3 is 2.50 bits per heavy atom. The van der Waals surface area contributed by atoms with Crippen LogP contribution < -0.4 is 0 Å². The fraction of sp³-hybridized carbons (Fsp3) is 0.750. The fourth-order valence-electron chi connectivity index (χ4n) is 1.19. The molecule has 0 N–H and O–H groups in total. The molecule has 0 unspecified atom stereocenters. The number of hydrogen-bond donors (Lipinski definition) is 0. The second-order valence-corrected chi connectivity index (χ2v) is 4.44. The Kier molecular flexibility index (Phi) is 7.60. The highest BCUT2D eigenvalue weighted by Crippen LogP contribution is 2.23. The van der Waals surface area contributed by atoms with Gasteiger partial charge in [0, 0.05) is 24.1 Å². The predicted molar refractivity (Wildman–Crippen MR) is 67.9 cm³/mol. The average Bonchev–Trinajstić information content (AvgIpc) is 2.26. The van der Waals surface area contributed by atoms with Gasteiger partial charge in [0.1, 0.15) is 6.33 Å². The van der Waals surface area contributed by atoms with E-state index in [9.17, 15) is 4.39 Å². The monoisotopic (exact) mass is 249 g/mol. The number of nitrogens with zero attached hydrogens (tertiary/aromatic N) is 1. The van der Waals surface area contributed by atoms with Crippen LogP contribution in [0.5, 0.6) is 0 Å². The fourth-order valence-corrected chi connectivity index (χ4v) is 1.68. The third kappa shape index (κ3) is 5.08. The van der Waals surface area contributed by atoms with Gasteiger partial charge in [-0.25, -0.2) is 4.39 Å². The van der Waals surface area contributed by atoms with Crippen LogP contribution in [0.25, 0.3) is 0 Å². The second-order valence-electron chi connectivity index (χ2n) is 4.13. The number of rotatable bonds is 7. The Morgan fingerprint density at radius 1 is 1.50 bits per heavy atom. The Hall–Kier alpha value is -0.410. The van der Waals surface area contributed by atoms with E-state index in [4.69, 9.17) is 16.3 Å². The Bertz CT molecular complexity index is 251. The molecule has 0 aliphatic heterocycles. The number of hydrogen-bond acceptors (Lipinski definition) is 2. The van der Waals surface area contributed by atoms with Gasteiger partial charge in [0.2, 0.25) is 0 Å². The van der Waals surface area contributed by atoms with Crippen molar-refractivity contribution in [1.82, 2.24) is 0 Å². The number of aliphatic imine (C=N–C) groups is 1. The first-order chi connectivity index (χ1) is 7.51. The molecule has 16 heavy (non-hydrogen) atoms. The van der Waals surface area contributed by atoms with Crippen LogP contribution in [0.2, 0.25) is 0 Å². The lowest BCUT2D eigenvalue weighted by Crippen LogP contribution is -2.35. The number of alkyl halides is 1. The molecule has 0 heterocycles. The van der Waals surface area contributed by atoms with E-state index < -0.39 is 0 Å². The van der Waals surface area contributed by atoms with E-state index in [0.29, 0.717) is 30.9 Å². The van der Waals surface area contributed by atoms with Gasteiger partial charge in [0.05, 0.1) is 11.8 Å². The first-order valence-electron chi connectivity index (χ1n) is 5.53. The van der Waals surface area contributed by atoms with Gasteiger partial charge in [-0.1, -0.05) is 20.8 Å². The number of halogens is 2. The van der Waals surface area contributed by atoms with E-state index in [0.717, 1.165) is 0 Å². The Labute approximate surface area is 103 Å². The summed E-state index contributed by atoms with van der Waals surface area (Å²) >= 11 is 5.84. The normalized spacial score (nSPS) is 15.8. The second kappa shape index (κ2) is 7.80. The maximum Gasteiger partial charge on any atom is 0.108 e. The summed E-state index contributed by atoms with van der Waals surface area (Å²) in [7, 11) is 0. The van der Waals surface area contributed by atoms with Crippen LogP contribution >= 0.6 is 11.6 Å². The molecule has 0 aromatic carbocycles. The van der Waals surface area contributed by atoms with Crippen LogP contribution in [0.3, 0.4) is 0 Å². The highest BCUT2D eigenvalue weighted by Gasteiger charge is 2.27. The summed E-state index contributed by atoms with van der Waals surface area (Å²) in [5, 5.41) is 0. The standard InChI is InChI=1S/C12H21ClFNO/c1-5-10(8-14)15-9-12(3,4)11(7-13)16-6-2/h8-9,11H,5-7H2,1-4H3/b10-8-,15-9-/t11-/m1/s1. The van der Waals surface area contributed by atoms with Crippen molar-refractivity contribution < 1.29 is 9.13 Å². The largest absolute Gasteiger partial charge is 0.376 e. The maximum absolute atomic E-state index is 12.3. The lowest BCUT2D eigenvalue weighted by atomic mass is 9.88. The van der Waals surface area contributed by atoms with Crippen molar-refractivity contribution in [2.75, 3.05) is 12.5 Å². The van der Waals surface area contributed by atoms with E-state index in [1.807, 2.05) is 27.7 Å². The molecule has 0 aliphatic carbocycles. The summed E-state index contributed by atoms with van der Waals surface area (Å²) in [6, 6.07) is 0. The van der Waals surface area contributed by atoms with Crippen LogP contribution in [-0.4, -0.2) is 24.8 Å². The third-order valence-corrected chi connectivity index (χ3v) is 2.67. The maximum atomic E-state index is 12.3. The van der Waals surface area contributed by atoms with Gasteiger partial charge in [-0.2, -0.15) is 0 Å². The van der Waals surface area contributed by atoms with Crippen molar-refractivity contribution in [3.05, 3.63) is 12.0 Å². The van der Waals surface area contributed by atoms with Gasteiger partial charge >= 0.3 is 0 Å². The van der Waals surface area contributed by atoms with Crippen molar-refractivity contribution in [2.45, 2.75) is 40.2 Å². The summed E-state index contributed by atoms with van der Waals surface area (Å²) in [6.07, 6.45) is 2.71. The van der Waals surface area contributed by atoms with E-state index >= 15 is 0 Å². The van der Waals surface area contributed by atoms with Crippen molar-refractivity contribution in [1.29, 1.82) is 0 Å². The predicted octanol–water partition coefficient (Wildman–Crippen LogP) is 3.95. The molecule has 2 nitrogen and oxygen atoms in total. The molecule has 0 amide bonds. The van der Waals surface area contributed by atoms with Gasteiger partial charge in [-0.15, -0.1) is 11.6 Å². The van der Waals surface area contributed by atoms with Crippen LogP contribution in [-0.2, 0) is 4.74 Å². The third-order valence-electron chi connectivity index (χ3n) is 2.39. The molecule has 0 bridgehead atoms. The molecule has 0 radical (unpaired) electrons. The van der Waals surface area contributed by atoms with E-state index in [2.05, 4.69) is 4.99 Å². The summed E-state index contributed by atoms with van der Waals surface area (Å²) in [5.74, 6) is 0.396. The lowest BCUT2D eigenvalue weighted by molar-refractivity contribution is 0.0274. The van der Waals surface area contributed by atoms with Gasteiger partial charge < -0.3 is 4.74 Å². The van der Waals surface area contributed by atoms with Crippen LogP contribution in [0, 0.1) is 5.41 Å². The van der Waals surface area contributed by atoms with E-state index in [-0.39, 0.29) is 11.5 Å². The minimum Gasteiger partial charge on any atom is -0.376 e. The zero-order valence-corrected chi connectivity index (χ0v) is 11.2. The van der Waals surface area contributed by atoms with E-state index in [1.54, 1.807) is 6.21 Å². The van der Waals surface area contributed by atoms with Crippen molar-refractivity contribution in [3.8, 4) is 0 Å². The van der Waals surface area contributed by atoms with Crippen molar-refractivity contribution in [2.24, 2.45) is 10.4 Å². The zero-order chi connectivity index (χ0) is 12.6. The molecular weight excluding hydrogens is 229 g/mol. The molecule has 0 rings (SSSR count). The van der Waals surface area contributed by atoms with Crippen molar-refractivity contribution >= 4 is 17.8 Å². The summed E-state index contributed by atoms with van der Waals surface area (Å²) < 4.78 is 17.9. The topological polar surface area (TPSA) is 21.6 Å². The first kappa shape index (κ1) is 15.6. The van der Waals surface area contributed by atoms with Crippen LogP contribution in [0.15, 0.2) is 17.0 Å². The molecule has 0 fully saturated rings. The molecule has 0 saturated heterocycles. The summed E-state index contributed by atoms with van der Waals surface area (Å²) in [6.45, 7) is 8.34. The van der Waals surface area contributed by atoms with Crippen molar-refractivity contribution in [3.63, 3.8) is 0 Å². The van der Waals surface area contributed by atoms with Gasteiger partial charge in [0.15, 0.2) is 0 Å². The van der Waals surface area contributed by atoms with Crippen LogP contribution in [0.4, 0.5) is 4.39 Å². The molecule has 94 valence electrons. The molecule has 1 atom stereocenters. The molecule has 0 spiro atoms. The first-order valence-corrected chi connectivity index (χ1v) is 6.07. The molecular formula is C12H21ClFNO. The minimum atomic E-state index is -0.304. The zero-order valence-electron chi connectivity index (χ0n) is 10.5. The van der Waals surface area contributed by atoms with Gasteiger partial charge in [0.25, 0.3) is 0 Å². The minimum absolute atomic E-state index is 0.111. The Balaban J connectivity index is 4.63. The highest BCUT2D eigenvalue weighted by atomic mass is 35.5. The SMILES string of the molecule is CCO[C@H](CCl)C(C)(C)/C=N\C(=C/F)CC. The molecule has 0 aromatic rings. The average molecular weight is 250 g/mol. The smallest absolute Gasteiger partial charge is 0.108 e. The quantitative estimate of drug-likeness (QED) is 0.495. The number of ether oxygens (including phenoxy) is 1. The molecule has 0 aliphatic rings. The highest BCUT2D eigenvalue weighted by molar-refractivity contribution is 6.18. The summed E-state index contributed by atoms with van der Waals surface area (Å²) in [4.78, 5) is 4.11. The summed E-state index contributed by atoms with van der Waals surface area (Å²) in [5.41, 5.74) is 0.124.